The molecule has 84 valence electrons. The fourth-order valence-electron chi connectivity index (χ4n) is 1.22. The van der Waals surface area contributed by atoms with Crippen molar-refractivity contribution in [2.24, 2.45) is 7.05 Å². The van der Waals surface area contributed by atoms with Crippen LogP contribution in [0.1, 0.15) is 26.1 Å². The SMILES string of the molecule is CCC(C)Nc1c([N+](=O)[O-])nc(C)n1C. The maximum Gasteiger partial charge on any atom is 0.406 e. The molecule has 6 heteroatoms. The molecule has 1 unspecified atom stereocenters. The van der Waals surface area contributed by atoms with E-state index in [0.717, 1.165) is 6.42 Å². The molecular formula is C9H16N4O2. The summed E-state index contributed by atoms with van der Waals surface area (Å²) in [5.74, 6) is 1.01. The highest BCUT2D eigenvalue weighted by atomic mass is 16.6. The van der Waals surface area contributed by atoms with E-state index in [9.17, 15) is 10.1 Å². The van der Waals surface area contributed by atoms with Crippen LogP contribution in [0.15, 0.2) is 0 Å². The van der Waals surface area contributed by atoms with Crippen molar-refractivity contribution in [1.29, 1.82) is 0 Å². The van der Waals surface area contributed by atoms with Gasteiger partial charge >= 0.3 is 5.82 Å². The molecule has 0 aliphatic heterocycles. The molecule has 0 radical (unpaired) electrons. The van der Waals surface area contributed by atoms with Crippen molar-refractivity contribution in [2.75, 3.05) is 5.32 Å². The van der Waals surface area contributed by atoms with E-state index in [1.54, 1.807) is 18.5 Å². The Morgan fingerprint density at radius 3 is 2.73 bits per heavy atom. The van der Waals surface area contributed by atoms with Crippen LogP contribution < -0.4 is 5.32 Å². The first-order valence-corrected chi connectivity index (χ1v) is 4.91. The van der Waals surface area contributed by atoms with Gasteiger partial charge in [0.15, 0.2) is 0 Å². The molecule has 0 fully saturated rings. The molecule has 1 rings (SSSR count). The predicted molar refractivity (Wildman–Crippen MR) is 58.0 cm³/mol. The van der Waals surface area contributed by atoms with Crippen LogP contribution in [0.3, 0.4) is 0 Å². The quantitative estimate of drug-likeness (QED) is 0.610. The summed E-state index contributed by atoms with van der Waals surface area (Å²) in [5, 5.41) is 13.8. The van der Waals surface area contributed by atoms with Crippen LogP contribution in [0.25, 0.3) is 0 Å². The number of nitrogens with zero attached hydrogens (tertiary/aromatic N) is 3. The van der Waals surface area contributed by atoms with Crippen molar-refractivity contribution >= 4 is 11.6 Å². The highest BCUT2D eigenvalue weighted by molar-refractivity contribution is 5.53. The smallest absolute Gasteiger partial charge is 0.362 e. The van der Waals surface area contributed by atoms with Gasteiger partial charge in [-0.1, -0.05) is 6.92 Å². The van der Waals surface area contributed by atoms with E-state index in [1.807, 2.05) is 13.8 Å². The molecule has 1 aromatic rings. The van der Waals surface area contributed by atoms with Gasteiger partial charge in [-0.3, -0.25) is 4.57 Å². The summed E-state index contributed by atoms with van der Waals surface area (Å²) in [6.45, 7) is 5.74. The molecule has 0 spiro atoms. The van der Waals surface area contributed by atoms with E-state index in [-0.39, 0.29) is 11.9 Å². The molecule has 1 heterocycles. The van der Waals surface area contributed by atoms with Crippen LogP contribution in [-0.4, -0.2) is 20.5 Å². The number of nitrogens with one attached hydrogen (secondary N) is 1. The van der Waals surface area contributed by atoms with E-state index in [4.69, 9.17) is 0 Å². The number of aromatic nitrogens is 2. The molecule has 0 aliphatic carbocycles. The van der Waals surface area contributed by atoms with Gasteiger partial charge in [0.05, 0.1) is 0 Å². The molecule has 6 nitrogen and oxygen atoms in total. The number of hydrogen-bond donors (Lipinski definition) is 1. The zero-order chi connectivity index (χ0) is 11.6. The Kier molecular flexibility index (Phi) is 3.28. The lowest BCUT2D eigenvalue weighted by atomic mass is 10.2. The second kappa shape index (κ2) is 4.29. The number of imidazole rings is 1. The second-order valence-electron chi connectivity index (χ2n) is 3.60. The number of aryl methyl sites for hydroxylation is 1. The number of rotatable bonds is 4. The molecule has 1 N–H and O–H groups in total. The first-order chi connectivity index (χ1) is 6.97. The minimum Gasteiger partial charge on any atom is -0.362 e. The van der Waals surface area contributed by atoms with Crippen LogP contribution >= 0.6 is 0 Å². The maximum absolute atomic E-state index is 10.7. The molecule has 0 saturated heterocycles. The fraction of sp³-hybridized carbons (Fsp3) is 0.667. The van der Waals surface area contributed by atoms with E-state index in [0.29, 0.717) is 11.6 Å². The lowest BCUT2D eigenvalue weighted by molar-refractivity contribution is -0.388. The third-order valence-corrected chi connectivity index (χ3v) is 2.47. The van der Waals surface area contributed by atoms with Crippen molar-refractivity contribution in [1.82, 2.24) is 9.55 Å². The topological polar surface area (TPSA) is 73.0 Å². The van der Waals surface area contributed by atoms with Crippen LogP contribution in [0.5, 0.6) is 0 Å². The third-order valence-electron chi connectivity index (χ3n) is 2.47. The first-order valence-electron chi connectivity index (χ1n) is 4.91. The lowest BCUT2D eigenvalue weighted by Gasteiger charge is -2.12. The van der Waals surface area contributed by atoms with Crippen molar-refractivity contribution in [3.05, 3.63) is 15.9 Å². The van der Waals surface area contributed by atoms with Gasteiger partial charge in [0.2, 0.25) is 11.6 Å². The van der Waals surface area contributed by atoms with Crippen LogP contribution in [-0.2, 0) is 7.05 Å². The van der Waals surface area contributed by atoms with Crippen LogP contribution in [0.2, 0.25) is 0 Å². The van der Waals surface area contributed by atoms with E-state index >= 15 is 0 Å². The summed E-state index contributed by atoms with van der Waals surface area (Å²) in [6, 6.07) is 0.193. The Morgan fingerprint density at radius 2 is 2.27 bits per heavy atom. The zero-order valence-electron chi connectivity index (χ0n) is 9.44. The number of anilines is 1. The van der Waals surface area contributed by atoms with E-state index in [2.05, 4.69) is 10.3 Å². The summed E-state index contributed by atoms with van der Waals surface area (Å²) in [7, 11) is 1.76. The van der Waals surface area contributed by atoms with Gasteiger partial charge in [-0.25, -0.2) is 0 Å². The largest absolute Gasteiger partial charge is 0.406 e. The monoisotopic (exact) mass is 212 g/mol. The fourth-order valence-corrected chi connectivity index (χ4v) is 1.22. The Labute approximate surface area is 88.5 Å². The standard InChI is InChI=1S/C9H16N4O2/c1-5-6(2)10-8-9(13(14)15)11-7(3)12(8)4/h6,10H,5H2,1-4H3. The summed E-state index contributed by atoms with van der Waals surface area (Å²) < 4.78 is 1.70. The molecule has 0 aliphatic rings. The van der Waals surface area contributed by atoms with Gasteiger partial charge in [-0.2, -0.15) is 0 Å². The molecule has 0 amide bonds. The molecule has 0 aromatic carbocycles. The molecule has 0 bridgehead atoms. The minimum atomic E-state index is -0.461. The molecule has 1 aromatic heterocycles. The molecule has 1 atom stereocenters. The van der Waals surface area contributed by atoms with Crippen molar-refractivity contribution < 1.29 is 4.92 Å². The third kappa shape index (κ3) is 2.26. The van der Waals surface area contributed by atoms with E-state index < -0.39 is 4.92 Å². The molecule has 0 saturated carbocycles. The highest BCUT2D eigenvalue weighted by Crippen LogP contribution is 2.24. The van der Waals surface area contributed by atoms with Gasteiger partial charge < -0.3 is 15.4 Å². The Bertz CT molecular complexity index is 372. The number of hydrogen-bond acceptors (Lipinski definition) is 4. The Hall–Kier alpha value is -1.59. The van der Waals surface area contributed by atoms with Crippen molar-refractivity contribution in [3.8, 4) is 0 Å². The normalized spacial score (nSPS) is 12.5. The minimum absolute atomic E-state index is 0.102. The molecular weight excluding hydrogens is 196 g/mol. The average molecular weight is 212 g/mol. The lowest BCUT2D eigenvalue weighted by Crippen LogP contribution is -2.16. The summed E-state index contributed by atoms with van der Waals surface area (Å²) in [6.07, 6.45) is 0.904. The van der Waals surface area contributed by atoms with Crippen LogP contribution in [0, 0.1) is 17.0 Å². The summed E-state index contributed by atoms with van der Waals surface area (Å²) in [4.78, 5) is 14.2. The highest BCUT2D eigenvalue weighted by Gasteiger charge is 2.23. The maximum atomic E-state index is 10.7. The van der Waals surface area contributed by atoms with Gasteiger partial charge in [-0.15, -0.1) is 0 Å². The Balaban J connectivity index is 3.08. The number of nitro groups is 1. The Morgan fingerprint density at radius 1 is 1.67 bits per heavy atom. The zero-order valence-corrected chi connectivity index (χ0v) is 9.44. The predicted octanol–water partition coefficient (Wildman–Crippen LogP) is 1.85. The summed E-state index contributed by atoms with van der Waals surface area (Å²) in [5.41, 5.74) is 0. The van der Waals surface area contributed by atoms with Crippen molar-refractivity contribution in [2.45, 2.75) is 33.2 Å². The van der Waals surface area contributed by atoms with Gasteiger partial charge in [-0.05, 0) is 23.3 Å². The van der Waals surface area contributed by atoms with Gasteiger partial charge in [0.1, 0.15) is 0 Å². The van der Waals surface area contributed by atoms with Crippen LogP contribution in [0.4, 0.5) is 11.6 Å². The van der Waals surface area contributed by atoms with E-state index in [1.165, 1.54) is 0 Å². The van der Waals surface area contributed by atoms with Gasteiger partial charge in [0.25, 0.3) is 0 Å². The van der Waals surface area contributed by atoms with Crippen molar-refractivity contribution in [3.63, 3.8) is 0 Å². The molecule has 15 heavy (non-hydrogen) atoms. The van der Waals surface area contributed by atoms with Gasteiger partial charge in [0, 0.05) is 20.0 Å². The second-order valence-corrected chi connectivity index (χ2v) is 3.60. The summed E-state index contributed by atoms with van der Waals surface area (Å²) >= 11 is 0. The average Bonchev–Trinajstić information content (AvgIpc) is 2.46. The first kappa shape index (κ1) is 11.5.